The summed E-state index contributed by atoms with van der Waals surface area (Å²) in [6.45, 7) is 6.44. The molecule has 20 heavy (non-hydrogen) atoms. The molecule has 106 valence electrons. The highest BCUT2D eigenvalue weighted by atomic mass is 79.9. The molecule has 0 aliphatic rings. The lowest BCUT2D eigenvalue weighted by molar-refractivity contribution is 0.820. The summed E-state index contributed by atoms with van der Waals surface area (Å²) in [5.74, 6) is 0.894. The molecule has 0 bridgehead atoms. The van der Waals surface area contributed by atoms with Gasteiger partial charge in [0.05, 0.1) is 0 Å². The number of halogens is 1. The molecule has 0 heterocycles. The Kier molecular flexibility index (Phi) is 5.30. The Morgan fingerprint density at radius 3 is 2.25 bits per heavy atom. The van der Waals surface area contributed by atoms with E-state index < -0.39 is 0 Å². The second-order valence-electron chi connectivity index (χ2n) is 5.16. The molecule has 0 aliphatic heterocycles. The second kappa shape index (κ2) is 6.79. The lowest BCUT2D eigenvalue weighted by atomic mass is 9.97. The van der Waals surface area contributed by atoms with E-state index in [2.05, 4.69) is 73.1 Å². The van der Waals surface area contributed by atoms with E-state index in [1.807, 2.05) is 0 Å². The Morgan fingerprint density at radius 2 is 1.60 bits per heavy atom. The van der Waals surface area contributed by atoms with Crippen molar-refractivity contribution >= 4 is 27.7 Å². The van der Waals surface area contributed by atoms with E-state index in [1.54, 1.807) is 11.8 Å². The number of hydrogen-bond acceptors (Lipinski definition) is 2. The van der Waals surface area contributed by atoms with E-state index in [4.69, 9.17) is 5.73 Å². The molecule has 2 aromatic carbocycles. The predicted molar refractivity (Wildman–Crippen MR) is 92.4 cm³/mol. The first kappa shape index (κ1) is 15.6. The van der Waals surface area contributed by atoms with Crippen LogP contribution >= 0.6 is 27.7 Å². The van der Waals surface area contributed by atoms with Gasteiger partial charge in [0.25, 0.3) is 0 Å². The van der Waals surface area contributed by atoms with Crippen molar-refractivity contribution in [3.8, 4) is 0 Å². The van der Waals surface area contributed by atoms with Crippen molar-refractivity contribution in [2.24, 2.45) is 5.73 Å². The van der Waals surface area contributed by atoms with Crippen molar-refractivity contribution in [3.05, 3.63) is 63.1 Å². The van der Waals surface area contributed by atoms with Gasteiger partial charge < -0.3 is 5.73 Å². The maximum Gasteiger partial charge on any atom is 0.0393 e. The van der Waals surface area contributed by atoms with E-state index in [0.29, 0.717) is 0 Å². The van der Waals surface area contributed by atoms with Crippen LogP contribution in [0.2, 0.25) is 0 Å². The molecule has 2 aromatic rings. The van der Waals surface area contributed by atoms with E-state index in [-0.39, 0.29) is 6.04 Å². The lowest BCUT2D eigenvalue weighted by Gasteiger charge is -2.16. The molecule has 2 N–H and O–H groups in total. The van der Waals surface area contributed by atoms with Crippen LogP contribution in [0.1, 0.15) is 28.3 Å². The highest BCUT2D eigenvalue weighted by Gasteiger charge is 2.11. The monoisotopic (exact) mass is 349 g/mol. The van der Waals surface area contributed by atoms with Crippen molar-refractivity contribution in [1.29, 1.82) is 0 Å². The van der Waals surface area contributed by atoms with E-state index in [0.717, 1.165) is 10.2 Å². The Hall–Kier alpha value is -0.770. The zero-order chi connectivity index (χ0) is 14.7. The number of aryl methyl sites for hydroxylation is 3. The molecule has 1 atom stereocenters. The summed E-state index contributed by atoms with van der Waals surface area (Å²) in [5, 5.41) is 0. The Morgan fingerprint density at radius 1 is 1.00 bits per heavy atom. The first-order valence-corrected chi connectivity index (χ1v) is 8.47. The van der Waals surface area contributed by atoms with Crippen molar-refractivity contribution < 1.29 is 0 Å². The standard InChI is InChI=1S/C17H20BrNS/c1-11-8-13(3)16(9-12(11)2)17(19)10-20-15-6-4-14(18)5-7-15/h4-9,17H,10,19H2,1-3H3. The van der Waals surface area contributed by atoms with Crippen LogP contribution in [0.4, 0.5) is 0 Å². The highest BCUT2D eigenvalue weighted by Crippen LogP contribution is 2.27. The zero-order valence-corrected chi connectivity index (χ0v) is 14.5. The highest BCUT2D eigenvalue weighted by molar-refractivity contribution is 9.10. The Balaban J connectivity index is 2.06. The summed E-state index contributed by atoms with van der Waals surface area (Å²) in [6, 6.07) is 12.9. The average molecular weight is 350 g/mol. The summed E-state index contributed by atoms with van der Waals surface area (Å²) >= 11 is 5.26. The minimum Gasteiger partial charge on any atom is -0.323 e. The normalized spacial score (nSPS) is 12.4. The number of rotatable bonds is 4. The summed E-state index contributed by atoms with van der Waals surface area (Å²) in [4.78, 5) is 1.25. The largest absolute Gasteiger partial charge is 0.323 e. The van der Waals surface area contributed by atoms with Crippen LogP contribution in [0.5, 0.6) is 0 Å². The fourth-order valence-electron chi connectivity index (χ4n) is 2.19. The Labute approximate surface area is 134 Å². The van der Waals surface area contributed by atoms with Crippen molar-refractivity contribution in [2.45, 2.75) is 31.7 Å². The molecular weight excluding hydrogens is 330 g/mol. The van der Waals surface area contributed by atoms with Crippen LogP contribution in [-0.2, 0) is 0 Å². The van der Waals surface area contributed by atoms with Gasteiger partial charge in [0.2, 0.25) is 0 Å². The maximum atomic E-state index is 6.36. The van der Waals surface area contributed by atoms with Crippen LogP contribution in [0.25, 0.3) is 0 Å². The third-order valence-corrected chi connectivity index (χ3v) is 5.18. The maximum absolute atomic E-state index is 6.36. The van der Waals surface area contributed by atoms with Gasteiger partial charge in [-0.1, -0.05) is 28.1 Å². The molecule has 0 saturated carbocycles. The lowest BCUT2D eigenvalue weighted by Crippen LogP contribution is -2.15. The molecule has 3 heteroatoms. The third-order valence-electron chi connectivity index (χ3n) is 3.53. The third kappa shape index (κ3) is 3.87. The van der Waals surface area contributed by atoms with E-state index >= 15 is 0 Å². The van der Waals surface area contributed by atoms with Crippen LogP contribution < -0.4 is 5.73 Å². The van der Waals surface area contributed by atoms with Crippen molar-refractivity contribution in [3.63, 3.8) is 0 Å². The molecule has 0 aliphatic carbocycles. The summed E-state index contributed by atoms with van der Waals surface area (Å²) in [7, 11) is 0. The van der Waals surface area contributed by atoms with Gasteiger partial charge in [-0.25, -0.2) is 0 Å². The Bertz CT molecular complexity index is 593. The SMILES string of the molecule is Cc1cc(C)c(C(N)CSc2ccc(Br)cc2)cc1C. The molecule has 0 fully saturated rings. The van der Waals surface area contributed by atoms with E-state index in [9.17, 15) is 0 Å². The van der Waals surface area contributed by atoms with E-state index in [1.165, 1.54) is 27.1 Å². The van der Waals surface area contributed by atoms with Gasteiger partial charge in [-0.3, -0.25) is 0 Å². The molecule has 2 rings (SSSR count). The minimum absolute atomic E-state index is 0.0722. The summed E-state index contributed by atoms with van der Waals surface area (Å²) in [5.41, 5.74) is 11.6. The van der Waals surface area contributed by atoms with Gasteiger partial charge in [0.1, 0.15) is 0 Å². The molecule has 0 radical (unpaired) electrons. The molecule has 1 unspecified atom stereocenters. The number of nitrogens with two attached hydrogens (primary N) is 1. The first-order chi connectivity index (χ1) is 9.47. The van der Waals surface area contributed by atoms with Gasteiger partial charge >= 0.3 is 0 Å². The molecular formula is C17H20BrNS. The minimum atomic E-state index is 0.0722. The topological polar surface area (TPSA) is 26.0 Å². The zero-order valence-electron chi connectivity index (χ0n) is 12.1. The second-order valence-corrected chi connectivity index (χ2v) is 7.17. The predicted octanol–water partition coefficient (Wildman–Crippen LogP) is 5.17. The number of hydrogen-bond donors (Lipinski definition) is 1. The van der Waals surface area contributed by atoms with Gasteiger partial charge in [-0.2, -0.15) is 0 Å². The van der Waals surface area contributed by atoms with Gasteiger partial charge in [0.15, 0.2) is 0 Å². The average Bonchev–Trinajstić information content (AvgIpc) is 2.42. The van der Waals surface area contributed by atoms with Crippen molar-refractivity contribution in [2.75, 3.05) is 5.75 Å². The first-order valence-electron chi connectivity index (χ1n) is 6.69. The summed E-state index contributed by atoms with van der Waals surface area (Å²) < 4.78 is 1.11. The summed E-state index contributed by atoms with van der Waals surface area (Å²) in [6.07, 6.45) is 0. The molecule has 0 saturated heterocycles. The van der Waals surface area contributed by atoms with Gasteiger partial charge in [0, 0.05) is 21.2 Å². The molecule has 0 amide bonds. The molecule has 0 spiro atoms. The molecule has 1 nitrogen and oxygen atoms in total. The van der Waals surface area contributed by atoms with Gasteiger partial charge in [-0.15, -0.1) is 11.8 Å². The molecule has 0 aromatic heterocycles. The fourth-order valence-corrected chi connectivity index (χ4v) is 3.33. The van der Waals surface area contributed by atoms with Crippen LogP contribution in [0, 0.1) is 20.8 Å². The smallest absolute Gasteiger partial charge is 0.0393 e. The quantitative estimate of drug-likeness (QED) is 0.770. The number of thioether (sulfide) groups is 1. The van der Waals surface area contributed by atoms with Crippen LogP contribution in [0.3, 0.4) is 0 Å². The van der Waals surface area contributed by atoms with Crippen LogP contribution in [-0.4, -0.2) is 5.75 Å². The van der Waals surface area contributed by atoms with Gasteiger partial charge in [-0.05, 0) is 67.3 Å². The van der Waals surface area contributed by atoms with Crippen molar-refractivity contribution in [1.82, 2.24) is 0 Å². The number of benzene rings is 2. The fraction of sp³-hybridized carbons (Fsp3) is 0.294. The van der Waals surface area contributed by atoms with Crippen LogP contribution in [0.15, 0.2) is 45.8 Å².